The van der Waals surface area contributed by atoms with Gasteiger partial charge in [-0.1, -0.05) is 30.3 Å². The van der Waals surface area contributed by atoms with Crippen molar-refractivity contribution < 1.29 is 9.90 Å². The Bertz CT molecular complexity index is 465. The van der Waals surface area contributed by atoms with E-state index in [-0.39, 0.29) is 0 Å². The third-order valence-corrected chi connectivity index (χ3v) is 4.31. The number of nitrogens with one attached hydrogen (secondary N) is 1. The van der Waals surface area contributed by atoms with Gasteiger partial charge in [-0.25, -0.2) is 4.79 Å². The molecule has 3 rings (SSSR count). The minimum absolute atomic E-state index is 0.469. The average Bonchev–Trinajstić information content (AvgIpc) is 3.06. The van der Waals surface area contributed by atoms with Crippen LogP contribution in [0.3, 0.4) is 0 Å². The van der Waals surface area contributed by atoms with E-state index in [9.17, 15) is 9.90 Å². The molecule has 2 bridgehead atoms. The van der Waals surface area contributed by atoms with Crippen LogP contribution in [0, 0.1) is 0 Å². The summed E-state index contributed by atoms with van der Waals surface area (Å²) in [5, 5.41) is 12.8. The highest BCUT2D eigenvalue weighted by Gasteiger charge is 2.37. The molecule has 5 heteroatoms. The fraction of sp³-hybridized carbons (Fsp3) is 0.533. The maximum absolute atomic E-state index is 11.4. The minimum Gasteiger partial charge on any atom is -0.465 e. The molecule has 108 valence electrons. The van der Waals surface area contributed by atoms with E-state index in [1.54, 1.807) is 0 Å². The van der Waals surface area contributed by atoms with Crippen LogP contribution in [0.4, 0.5) is 4.79 Å². The van der Waals surface area contributed by atoms with Crippen LogP contribution in [-0.4, -0.2) is 59.3 Å². The Balaban J connectivity index is 1.54. The second-order valence-corrected chi connectivity index (χ2v) is 5.68. The first kappa shape index (κ1) is 13.4. The van der Waals surface area contributed by atoms with Gasteiger partial charge in [0.2, 0.25) is 0 Å². The molecule has 0 saturated carbocycles. The summed E-state index contributed by atoms with van der Waals surface area (Å²) in [6.45, 7) is 3.99. The van der Waals surface area contributed by atoms with Crippen LogP contribution in [0.15, 0.2) is 30.3 Å². The van der Waals surface area contributed by atoms with E-state index in [0.29, 0.717) is 25.2 Å². The Labute approximate surface area is 119 Å². The number of carbonyl (C=O) groups is 1. The molecule has 2 heterocycles. The van der Waals surface area contributed by atoms with Crippen molar-refractivity contribution in [1.29, 1.82) is 0 Å². The van der Waals surface area contributed by atoms with Gasteiger partial charge >= 0.3 is 6.09 Å². The molecular weight excluding hydrogens is 254 g/mol. The molecule has 20 heavy (non-hydrogen) atoms. The van der Waals surface area contributed by atoms with Crippen LogP contribution < -0.4 is 5.32 Å². The lowest BCUT2D eigenvalue weighted by Crippen LogP contribution is -2.46. The van der Waals surface area contributed by atoms with Crippen molar-refractivity contribution in [3.8, 4) is 0 Å². The Morgan fingerprint density at radius 2 is 2.20 bits per heavy atom. The van der Waals surface area contributed by atoms with Gasteiger partial charge in [-0.2, -0.15) is 0 Å². The second-order valence-electron chi connectivity index (χ2n) is 5.68. The summed E-state index contributed by atoms with van der Waals surface area (Å²) in [4.78, 5) is 15.3. The third kappa shape index (κ3) is 2.94. The highest BCUT2D eigenvalue weighted by molar-refractivity contribution is 5.65. The maximum atomic E-state index is 11.4. The maximum Gasteiger partial charge on any atom is 0.407 e. The van der Waals surface area contributed by atoms with Crippen molar-refractivity contribution in [2.45, 2.75) is 25.0 Å². The van der Waals surface area contributed by atoms with Gasteiger partial charge in [0, 0.05) is 44.8 Å². The average molecular weight is 275 g/mol. The monoisotopic (exact) mass is 275 g/mol. The molecule has 0 aromatic heterocycles. The largest absolute Gasteiger partial charge is 0.465 e. The molecule has 1 aromatic rings. The van der Waals surface area contributed by atoms with E-state index >= 15 is 0 Å². The highest BCUT2D eigenvalue weighted by atomic mass is 16.4. The smallest absolute Gasteiger partial charge is 0.407 e. The summed E-state index contributed by atoms with van der Waals surface area (Å²) in [6.07, 6.45) is 0.377. The van der Waals surface area contributed by atoms with E-state index in [0.717, 1.165) is 25.2 Å². The van der Waals surface area contributed by atoms with Crippen molar-refractivity contribution in [3.63, 3.8) is 0 Å². The molecule has 2 N–H and O–H groups in total. The van der Waals surface area contributed by atoms with Crippen LogP contribution >= 0.6 is 0 Å². The Kier molecular flexibility index (Phi) is 3.89. The zero-order chi connectivity index (χ0) is 13.9. The molecular formula is C15H21N3O2. The highest BCUT2D eigenvalue weighted by Crippen LogP contribution is 2.22. The summed E-state index contributed by atoms with van der Waals surface area (Å²) < 4.78 is 0. The van der Waals surface area contributed by atoms with Gasteiger partial charge in [-0.15, -0.1) is 0 Å². The molecule has 2 atom stereocenters. The van der Waals surface area contributed by atoms with Gasteiger partial charge < -0.3 is 15.3 Å². The number of carboxylic acid groups (broad SMARTS) is 1. The number of likely N-dealkylation sites (tertiary alicyclic amines) is 1. The van der Waals surface area contributed by atoms with Gasteiger partial charge in [0.1, 0.15) is 0 Å². The van der Waals surface area contributed by atoms with Gasteiger partial charge in [0.15, 0.2) is 0 Å². The van der Waals surface area contributed by atoms with E-state index in [1.165, 1.54) is 11.3 Å². The molecule has 2 unspecified atom stereocenters. The van der Waals surface area contributed by atoms with Gasteiger partial charge in [0.05, 0.1) is 0 Å². The Morgan fingerprint density at radius 3 is 2.80 bits per heavy atom. The van der Waals surface area contributed by atoms with Crippen molar-refractivity contribution in [2.24, 2.45) is 0 Å². The van der Waals surface area contributed by atoms with Crippen LogP contribution in [-0.2, 0) is 6.54 Å². The lowest BCUT2D eigenvalue weighted by molar-refractivity contribution is 0.128. The molecule has 0 radical (unpaired) electrons. The summed E-state index contributed by atoms with van der Waals surface area (Å²) in [5.41, 5.74) is 1.04. The number of hydrogen-bond donors (Lipinski definition) is 2. The van der Waals surface area contributed by atoms with E-state index in [2.05, 4.69) is 10.2 Å². The first-order valence-corrected chi connectivity index (χ1v) is 7.21. The fourth-order valence-electron chi connectivity index (χ4n) is 3.22. The van der Waals surface area contributed by atoms with Crippen LogP contribution in [0.5, 0.6) is 0 Å². The van der Waals surface area contributed by atoms with Crippen molar-refractivity contribution in [1.82, 2.24) is 15.1 Å². The zero-order valence-corrected chi connectivity index (χ0v) is 11.5. The zero-order valence-electron chi connectivity index (χ0n) is 11.5. The number of benzene rings is 1. The SMILES string of the molecule is O=C(O)N(CCN1CC2CC1CN2)Cc1ccccc1. The molecule has 0 spiro atoms. The molecule has 1 amide bonds. The number of rotatable bonds is 5. The summed E-state index contributed by atoms with van der Waals surface area (Å²) in [7, 11) is 0. The molecule has 2 aliphatic rings. The van der Waals surface area contributed by atoms with Crippen LogP contribution in [0.1, 0.15) is 12.0 Å². The Hall–Kier alpha value is -1.59. The van der Waals surface area contributed by atoms with Crippen molar-refractivity contribution in [3.05, 3.63) is 35.9 Å². The quantitative estimate of drug-likeness (QED) is 0.848. The number of amides is 1. The minimum atomic E-state index is -0.837. The molecule has 2 saturated heterocycles. The molecule has 1 aromatic carbocycles. The Morgan fingerprint density at radius 1 is 1.40 bits per heavy atom. The van der Waals surface area contributed by atoms with Crippen molar-refractivity contribution >= 4 is 6.09 Å². The topological polar surface area (TPSA) is 55.8 Å². The molecule has 2 aliphatic heterocycles. The summed E-state index contributed by atoms with van der Waals surface area (Å²) in [5.74, 6) is 0. The van der Waals surface area contributed by atoms with E-state index < -0.39 is 6.09 Å². The number of fused-ring (bicyclic) bond motifs is 2. The summed E-state index contributed by atoms with van der Waals surface area (Å²) >= 11 is 0. The molecule has 0 aliphatic carbocycles. The fourth-order valence-corrected chi connectivity index (χ4v) is 3.22. The number of hydrogen-bond acceptors (Lipinski definition) is 3. The van der Waals surface area contributed by atoms with Gasteiger partial charge in [-0.3, -0.25) is 4.90 Å². The first-order chi connectivity index (χ1) is 9.72. The van der Waals surface area contributed by atoms with Crippen LogP contribution in [0.25, 0.3) is 0 Å². The second kappa shape index (κ2) is 5.81. The lowest BCUT2D eigenvalue weighted by Gasteiger charge is -2.29. The molecule has 2 fully saturated rings. The number of nitrogens with zero attached hydrogens (tertiary/aromatic N) is 2. The van der Waals surface area contributed by atoms with Crippen molar-refractivity contribution in [2.75, 3.05) is 26.2 Å². The van der Waals surface area contributed by atoms with Crippen LogP contribution in [0.2, 0.25) is 0 Å². The third-order valence-electron chi connectivity index (χ3n) is 4.31. The molecule has 5 nitrogen and oxygen atoms in total. The summed E-state index contributed by atoms with van der Waals surface area (Å²) in [6, 6.07) is 11.0. The van der Waals surface area contributed by atoms with E-state index in [1.807, 2.05) is 30.3 Å². The standard InChI is InChI=1S/C15H21N3O2/c19-15(20)18(10-12-4-2-1-3-5-12)7-6-17-11-13-8-14(17)9-16-13/h1-5,13-14,16H,6-11H2,(H,19,20). The lowest BCUT2D eigenvalue weighted by atomic mass is 10.2. The van der Waals surface area contributed by atoms with E-state index in [4.69, 9.17) is 0 Å². The normalized spacial score (nSPS) is 25.0. The predicted octanol–water partition coefficient (Wildman–Crippen LogP) is 1.21. The predicted molar refractivity (Wildman–Crippen MR) is 76.6 cm³/mol. The first-order valence-electron chi connectivity index (χ1n) is 7.21. The number of piperazine rings is 1. The van der Waals surface area contributed by atoms with Gasteiger partial charge in [0.25, 0.3) is 0 Å². The van der Waals surface area contributed by atoms with Gasteiger partial charge in [-0.05, 0) is 12.0 Å².